The van der Waals surface area contributed by atoms with Crippen molar-refractivity contribution in [2.75, 3.05) is 5.75 Å². The number of benzene rings is 2. The lowest BCUT2D eigenvalue weighted by atomic mass is 10.1. The van der Waals surface area contributed by atoms with Gasteiger partial charge in [-0.1, -0.05) is 24.3 Å². The third-order valence-electron chi connectivity index (χ3n) is 3.48. The molecule has 2 rings (SSSR count). The van der Waals surface area contributed by atoms with E-state index in [0.717, 1.165) is 5.56 Å². The lowest BCUT2D eigenvalue weighted by Gasteiger charge is -2.02. The van der Waals surface area contributed by atoms with Crippen LogP contribution < -0.4 is 5.43 Å². The minimum absolute atomic E-state index is 0.0103. The van der Waals surface area contributed by atoms with Crippen LogP contribution in [0.15, 0.2) is 47.6 Å². The highest BCUT2D eigenvalue weighted by Crippen LogP contribution is 2.18. The molecule has 0 aliphatic heterocycles. The molecule has 0 unspecified atom stereocenters. The van der Waals surface area contributed by atoms with E-state index in [9.17, 15) is 25.0 Å². The van der Waals surface area contributed by atoms with Gasteiger partial charge in [-0.2, -0.15) is 5.10 Å². The number of non-ortho nitro benzene ring substituents is 1. The van der Waals surface area contributed by atoms with Gasteiger partial charge in [0.05, 0.1) is 21.8 Å². The third-order valence-corrected chi connectivity index (χ3v) is 4.49. The number of hydrazone groups is 1. The van der Waals surface area contributed by atoms with E-state index in [2.05, 4.69) is 10.5 Å². The summed E-state index contributed by atoms with van der Waals surface area (Å²) >= 11 is 1.34. The fourth-order valence-electron chi connectivity index (χ4n) is 2.09. The van der Waals surface area contributed by atoms with E-state index in [1.54, 1.807) is 31.2 Å². The Morgan fingerprint density at radius 3 is 2.48 bits per heavy atom. The normalized spacial score (nSPS) is 10.7. The number of nitrogens with zero attached hydrogens (tertiary/aromatic N) is 3. The van der Waals surface area contributed by atoms with Crippen LogP contribution in [0.5, 0.6) is 0 Å². The van der Waals surface area contributed by atoms with Gasteiger partial charge in [0.15, 0.2) is 0 Å². The van der Waals surface area contributed by atoms with Crippen molar-refractivity contribution in [2.45, 2.75) is 12.7 Å². The van der Waals surface area contributed by atoms with Crippen LogP contribution in [0.3, 0.4) is 0 Å². The van der Waals surface area contributed by atoms with Crippen molar-refractivity contribution < 1.29 is 14.6 Å². The van der Waals surface area contributed by atoms with E-state index in [4.69, 9.17) is 0 Å². The Labute approximate surface area is 158 Å². The quantitative estimate of drug-likeness (QED) is 0.420. The van der Waals surface area contributed by atoms with Crippen molar-refractivity contribution in [3.63, 3.8) is 0 Å². The first-order valence-electron chi connectivity index (χ1n) is 7.75. The van der Waals surface area contributed by atoms with E-state index >= 15 is 0 Å². The van der Waals surface area contributed by atoms with E-state index < -0.39 is 9.85 Å². The molecule has 0 saturated carbocycles. The second-order valence-electron chi connectivity index (χ2n) is 5.51. The minimum Gasteiger partial charge on any atom is -0.272 e. The molecule has 0 radical (unpaired) electrons. The van der Waals surface area contributed by atoms with Crippen LogP contribution in [0.25, 0.3) is 0 Å². The van der Waals surface area contributed by atoms with E-state index in [0.29, 0.717) is 16.9 Å². The Hall–Kier alpha value is -3.27. The number of carbonyl (C=O) groups excluding carboxylic acids is 1. The molecular weight excluding hydrogens is 372 g/mol. The average Bonchev–Trinajstić information content (AvgIpc) is 2.63. The van der Waals surface area contributed by atoms with Crippen molar-refractivity contribution in [3.8, 4) is 0 Å². The molecular formula is C17H16N4O5S. The van der Waals surface area contributed by atoms with Crippen LogP contribution in [-0.4, -0.2) is 27.7 Å². The Balaban J connectivity index is 1.79. The molecule has 1 N–H and O–H groups in total. The molecule has 0 spiro atoms. The number of amides is 1. The topological polar surface area (TPSA) is 128 Å². The predicted octanol–water partition coefficient (Wildman–Crippen LogP) is 3.19. The summed E-state index contributed by atoms with van der Waals surface area (Å²) in [5.41, 5.74) is 4.29. The molecule has 0 aromatic heterocycles. The van der Waals surface area contributed by atoms with Gasteiger partial charge in [0.2, 0.25) is 5.91 Å². The zero-order valence-electron chi connectivity index (χ0n) is 14.3. The van der Waals surface area contributed by atoms with Crippen LogP contribution in [0.4, 0.5) is 11.4 Å². The summed E-state index contributed by atoms with van der Waals surface area (Å²) in [5, 5.41) is 25.3. The van der Waals surface area contributed by atoms with Gasteiger partial charge in [0.1, 0.15) is 0 Å². The number of thioether (sulfide) groups is 1. The van der Waals surface area contributed by atoms with E-state index in [1.807, 2.05) is 0 Å². The smallest absolute Gasteiger partial charge is 0.272 e. The Morgan fingerprint density at radius 2 is 1.85 bits per heavy atom. The Kier molecular flexibility index (Phi) is 7.00. The zero-order chi connectivity index (χ0) is 19.8. The van der Waals surface area contributed by atoms with E-state index in [1.165, 1.54) is 36.2 Å². The van der Waals surface area contributed by atoms with Gasteiger partial charge in [-0.05, 0) is 12.5 Å². The second-order valence-corrected chi connectivity index (χ2v) is 6.50. The predicted molar refractivity (Wildman–Crippen MR) is 103 cm³/mol. The molecule has 27 heavy (non-hydrogen) atoms. The van der Waals surface area contributed by atoms with Gasteiger partial charge in [-0.25, -0.2) is 5.43 Å². The summed E-state index contributed by atoms with van der Waals surface area (Å²) < 4.78 is 0. The molecule has 0 aliphatic carbocycles. The van der Waals surface area contributed by atoms with Gasteiger partial charge < -0.3 is 0 Å². The molecule has 0 atom stereocenters. The number of hydrogen-bond donors (Lipinski definition) is 1. The molecule has 0 aliphatic rings. The van der Waals surface area contributed by atoms with Crippen molar-refractivity contribution >= 4 is 35.3 Å². The molecule has 140 valence electrons. The maximum atomic E-state index is 11.8. The SMILES string of the molecule is Cc1ccc(/C=N/NC(=O)CSCc2ccc([N+](=O)[O-])cc2)cc1[N+](=O)[O-]. The van der Waals surface area contributed by atoms with Crippen LogP contribution >= 0.6 is 11.8 Å². The maximum Gasteiger partial charge on any atom is 0.272 e. The summed E-state index contributed by atoms with van der Waals surface area (Å²) in [6.45, 7) is 1.64. The molecule has 0 bridgehead atoms. The molecule has 2 aromatic rings. The standard InChI is InChI=1S/C17H16N4O5S/c1-12-2-3-14(8-16(12)21(25)26)9-18-19-17(22)11-27-10-13-4-6-15(7-5-13)20(23)24/h2-9H,10-11H2,1H3,(H,19,22)/b18-9+. The first kappa shape index (κ1) is 20.0. The lowest BCUT2D eigenvalue weighted by molar-refractivity contribution is -0.385. The monoisotopic (exact) mass is 388 g/mol. The largest absolute Gasteiger partial charge is 0.272 e. The molecule has 10 heteroatoms. The number of nitro benzene ring substituents is 2. The molecule has 0 heterocycles. The highest BCUT2D eigenvalue weighted by molar-refractivity contribution is 7.99. The summed E-state index contributed by atoms with van der Waals surface area (Å²) in [5.74, 6) is 0.363. The van der Waals surface area contributed by atoms with Gasteiger partial charge in [0.25, 0.3) is 11.4 Å². The molecule has 2 aromatic carbocycles. The fraction of sp³-hybridized carbons (Fsp3) is 0.176. The highest BCUT2D eigenvalue weighted by atomic mass is 32.2. The van der Waals surface area contributed by atoms with Gasteiger partial charge in [-0.3, -0.25) is 25.0 Å². The second kappa shape index (κ2) is 9.43. The van der Waals surface area contributed by atoms with Crippen molar-refractivity contribution in [3.05, 3.63) is 79.4 Å². The molecule has 1 amide bonds. The average molecular weight is 388 g/mol. The fourth-order valence-corrected chi connectivity index (χ4v) is 2.87. The number of hydrogen-bond acceptors (Lipinski definition) is 7. The summed E-state index contributed by atoms with van der Waals surface area (Å²) in [7, 11) is 0. The molecule has 0 saturated heterocycles. The summed E-state index contributed by atoms with van der Waals surface area (Å²) in [6.07, 6.45) is 1.34. The minimum atomic E-state index is -0.472. The van der Waals surface area contributed by atoms with Gasteiger partial charge >= 0.3 is 0 Å². The van der Waals surface area contributed by atoms with Crippen LogP contribution in [0, 0.1) is 27.2 Å². The van der Waals surface area contributed by atoms with Crippen molar-refractivity contribution in [2.24, 2.45) is 5.10 Å². The summed E-state index contributed by atoms with van der Waals surface area (Å²) in [4.78, 5) is 32.3. The number of nitro groups is 2. The lowest BCUT2D eigenvalue weighted by Crippen LogP contribution is -2.19. The third kappa shape index (κ3) is 6.19. The molecule has 0 fully saturated rings. The molecule has 9 nitrogen and oxygen atoms in total. The number of rotatable bonds is 8. The number of aryl methyl sites for hydroxylation is 1. The number of nitrogens with one attached hydrogen (secondary N) is 1. The first-order chi connectivity index (χ1) is 12.9. The Bertz CT molecular complexity index is 883. The van der Waals surface area contributed by atoms with Crippen molar-refractivity contribution in [1.29, 1.82) is 0 Å². The van der Waals surface area contributed by atoms with Crippen LogP contribution in [-0.2, 0) is 10.5 Å². The number of carbonyl (C=O) groups is 1. The summed E-state index contributed by atoms with van der Waals surface area (Å²) in [6, 6.07) is 10.8. The Morgan fingerprint density at radius 1 is 1.15 bits per heavy atom. The maximum absolute atomic E-state index is 11.8. The van der Waals surface area contributed by atoms with Gasteiger partial charge in [0, 0.05) is 35.1 Å². The van der Waals surface area contributed by atoms with Crippen molar-refractivity contribution in [1.82, 2.24) is 5.43 Å². The van der Waals surface area contributed by atoms with Crippen LogP contribution in [0.2, 0.25) is 0 Å². The first-order valence-corrected chi connectivity index (χ1v) is 8.90. The highest BCUT2D eigenvalue weighted by Gasteiger charge is 2.10. The zero-order valence-corrected chi connectivity index (χ0v) is 15.1. The van der Waals surface area contributed by atoms with E-state index in [-0.39, 0.29) is 23.0 Å². The van der Waals surface area contributed by atoms with Crippen LogP contribution in [0.1, 0.15) is 16.7 Å². The van der Waals surface area contributed by atoms with Gasteiger partial charge in [-0.15, -0.1) is 11.8 Å².